The van der Waals surface area contributed by atoms with Crippen molar-refractivity contribution in [3.63, 3.8) is 0 Å². The van der Waals surface area contributed by atoms with Crippen LogP contribution in [0.15, 0.2) is 36.4 Å². The van der Waals surface area contributed by atoms with Crippen LogP contribution in [0, 0.1) is 12.7 Å². The zero-order valence-electron chi connectivity index (χ0n) is 11.2. The lowest BCUT2D eigenvalue weighted by Crippen LogP contribution is -2.01. The van der Waals surface area contributed by atoms with Crippen molar-refractivity contribution in [1.29, 1.82) is 0 Å². The molecule has 2 aromatic carbocycles. The fourth-order valence-corrected chi connectivity index (χ4v) is 2.32. The number of anilines is 1. The summed E-state index contributed by atoms with van der Waals surface area (Å²) >= 11 is 0. The van der Waals surface area contributed by atoms with Crippen LogP contribution >= 0.6 is 0 Å². The summed E-state index contributed by atoms with van der Waals surface area (Å²) < 4.78 is 20.5. The van der Waals surface area contributed by atoms with Crippen LogP contribution in [0.25, 0.3) is 16.7 Å². The van der Waals surface area contributed by atoms with Gasteiger partial charge in [0.15, 0.2) is 0 Å². The Kier molecular flexibility index (Phi) is 2.82. The van der Waals surface area contributed by atoms with Crippen molar-refractivity contribution in [3.8, 4) is 11.4 Å². The highest BCUT2D eigenvalue weighted by atomic mass is 19.1. The van der Waals surface area contributed by atoms with Crippen molar-refractivity contribution in [2.45, 2.75) is 6.92 Å². The summed E-state index contributed by atoms with van der Waals surface area (Å²) in [5.41, 5.74) is 8.96. The average molecular weight is 271 g/mol. The number of nitrogens with zero attached hydrogens (tertiary/aromatic N) is 2. The van der Waals surface area contributed by atoms with Gasteiger partial charge in [-0.2, -0.15) is 0 Å². The standard InChI is InChI=1S/C15H14FN3O/c1-9-5-10(16)7-11(6-9)19-14-8-12(20-2)3-4-13(14)18-15(19)17/h3-8H,1-2H3,(H2,17,18). The quantitative estimate of drug-likeness (QED) is 0.779. The number of ether oxygens (including phenoxy) is 1. The molecule has 0 aliphatic rings. The largest absolute Gasteiger partial charge is 0.497 e. The first kappa shape index (κ1) is 12.5. The highest BCUT2D eigenvalue weighted by Crippen LogP contribution is 2.27. The maximum atomic E-state index is 13.6. The molecular weight excluding hydrogens is 257 g/mol. The zero-order chi connectivity index (χ0) is 14.3. The molecule has 3 rings (SSSR count). The first-order chi connectivity index (χ1) is 9.58. The minimum absolute atomic E-state index is 0.302. The van der Waals surface area contributed by atoms with Crippen molar-refractivity contribution in [3.05, 3.63) is 47.8 Å². The van der Waals surface area contributed by atoms with Crippen LogP contribution in [0.2, 0.25) is 0 Å². The van der Waals surface area contributed by atoms with Gasteiger partial charge in [0.2, 0.25) is 5.95 Å². The number of imidazole rings is 1. The van der Waals surface area contributed by atoms with Gasteiger partial charge >= 0.3 is 0 Å². The Labute approximate surface area is 115 Å². The van der Waals surface area contributed by atoms with E-state index in [1.807, 2.05) is 31.2 Å². The molecule has 1 heterocycles. The number of rotatable bonds is 2. The smallest absolute Gasteiger partial charge is 0.205 e. The molecule has 5 heteroatoms. The van der Waals surface area contributed by atoms with E-state index in [9.17, 15) is 4.39 Å². The van der Waals surface area contributed by atoms with E-state index in [1.54, 1.807) is 11.7 Å². The number of aryl methyl sites for hydroxylation is 1. The number of halogens is 1. The third-order valence-corrected chi connectivity index (χ3v) is 3.17. The van der Waals surface area contributed by atoms with E-state index in [4.69, 9.17) is 10.5 Å². The Morgan fingerprint density at radius 1 is 1.20 bits per heavy atom. The fourth-order valence-electron chi connectivity index (χ4n) is 2.32. The molecule has 1 aromatic heterocycles. The Morgan fingerprint density at radius 2 is 2.00 bits per heavy atom. The molecule has 0 fully saturated rings. The molecule has 0 unspecified atom stereocenters. The summed E-state index contributed by atoms with van der Waals surface area (Å²) in [6.07, 6.45) is 0. The average Bonchev–Trinajstić information content (AvgIpc) is 2.72. The second-order valence-electron chi connectivity index (χ2n) is 4.65. The van der Waals surface area contributed by atoms with Gasteiger partial charge in [-0.15, -0.1) is 0 Å². The molecule has 0 aliphatic heterocycles. The van der Waals surface area contributed by atoms with Gasteiger partial charge in [0.05, 0.1) is 23.8 Å². The molecule has 0 radical (unpaired) electrons. The SMILES string of the molecule is COc1ccc2nc(N)n(-c3cc(C)cc(F)c3)c2c1. The van der Waals surface area contributed by atoms with Gasteiger partial charge in [-0.3, -0.25) is 4.57 Å². The van der Waals surface area contributed by atoms with Crippen LogP contribution in [0.3, 0.4) is 0 Å². The third-order valence-electron chi connectivity index (χ3n) is 3.17. The van der Waals surface area contributed by atoms with Gasteiger partial charge in [-0.1, -0.05) is 0 Å². The Bertz CT molecular complexity index is 775. The summed E-state index contributed by atoms with van der Waals surface area (Å²) in [6.45, 7) is 1.84. The number of fused-ring (bicyclic) bond motifs is 1. The van der Waals surface area contributed by atoms with E-state index < -0.39 is 0 Å². The van der Waals surface area contributed by atoms with Crippen molar-refractivity contribution in [2.24, 2.45) is 0 Å². The van der Waals surface area contributed by atoms with E-state index >= 15 is 0 Å². The van der Waals surface area contributed by atoms with Gasteiger partial charge in [-0.25, -0.2) is 9.37 Å². The minimum atomic E-state index is -0.302. The second kappa shape index (κ2) is 4.52. The molecule has 0 spiro atoms. The molecule has 20 heavy (non-hydrogen) atoms. The van der Waals surface area contributed by atoms with E-state index in [0.717, 1.165) is 16.6 Å². The predicted molar refractivity (Wildman–Crippen MR) is 76.7 cm³/mol. The molecule has 4 nitrogen and oxygen atoms in total. The summed E-state index contributed by atoms with van der Waals surface area (Å²) in [6, 6.07) is 10.2. The first-order valence-electron chi connectivity index (χ1n) is 6.18. The number of methoxy groups -OCH3 is 1. The molecule has 0 saturated heterocycles. The maximum Gasteiger partial charge on any atom is 0.205 e. The van der Waals surface area contributed by atoms with Gasteiger partial charge < -0.3 is 10.5 Å². The molecule has 0 atom stereocenters. The monoisotopic (exact) mass is 271 g/mol. The maximum absolute atomic E-state index is 13.6. The number of aromatic nitrogens is 2. The normalized spacial score (nSPS) is 10.9. The second-order valence-corrected chi connectivity index (χ2v) is 4.65. The first-order valence-corrected chi connectivity index (χ1v) is 6.18. The summed E-state index contributed by atoms with van der Waals surface area (Å²) in [5.74, 6) is 0.717. The summed E-state index contributed by atoms with van der Waals surface area (Å²) in [4.78, 5) is 4.29. The lowest BCUT2D eigenvalue weighted by Gasteiger charge is -2.08. The number of benzene rings is 2. The topological polar surface area (TPSA) is 53.1 Å². The van der Waals surface area contributed by atoms with Crippen LogP contribution in [0.5, 0.6) is 5.75 Å². The van der Waals surface area contributed by atoms with Crippen molar-refractivity contribution in [2.75, 3.05) is 12.8 Å². The number of hydrogen-bond acceptors (Lipinski definition) is 3. The predicted octanol–water partition coefficient (Wildman–Crippen LogP) is 3.06. The van der Waals surface area contributed by atoms with Crippen LogP contribution in [-0.4, -0.2) is 16.7 Å². The Balaban J connectivity index is 2.31. The van der Waals surface area contributed by atoms with Gasteiger partial charge in [0.25, 0.3) is 0 Å². The van der Waals surface area contributed by atoms with E-state index in [2.05, 4.69) is 4.98 Å². The van der Waals surface area contributed by atoms with E-state index in [0.29, 0.717) is 17.4 Å². The van der Waals surface area contributed by atoms with Crippen LogP contribution in [-0.2, 0) is 0 Å². The highest BCUT2D eigenvalue weighted by Gasteiger charge is 2.12. The highest BCUT2D eigenvalue weighted by molar-refractivity contribution is 5.82. The van der Waals surface area contributed by atoms with Crippen LogP contribution in [0.1, 0.15) is 5.56 Å². The molecule has 0 saturated carbocycles. The molecule has 2 N–H and O–H groups in total. The van der Waals surface area contributed by atoms with Crippen molar-refractivity contribution >= 4 is 17.0 Å². The number of nitrogen functional groups attached to an aromatic ring is 1. The number of nitrogens with two attached hydrogens (primary N) is 1. The summed E-state index contributed by atoms with van der Waals surface area (Å²) in [7, 11) is 1.59. The molecular formula is C15H14FN3O. The Morgan fingerprint density at radius 3 is 2.70 bits per heavy atom. The van der Waals surface area contributed by atoms with E-state index in [-0.39, 0.29) is 5.82 Å². The van der Waals surface area contributed by atoms with Crippen molar-refractivity contribution < 1.29 is 9.13 Å². The van der Waals surface area contributed by atoms with Crippen molar-refractivity contribution in [1.82, 2.24) is 9.55 Å². The van der Waals surface area contributed by atoms with E-state index in [1.165, 1.54) is 12.1 Å². The lowest BCUT2D eigenvalue weighted by molar-refractivity contribution is 0.415. The lowest BCUT2D eigenvalue weighted by atomic mass is 10.2. The molecule has 0 aliphatic carbocycles. The molecule has 102 valence electrons. The molecule has 0 amide bonds. The van der Waals surface area contributed by atoms with Crippen LogP contribution < -0.4 is 10.5 Å². The zero-order valence-corrected chi connectivity index (χ0v) is 11.2. The third kappa shape index (κ3) is 1.97. The Hall–Kier alpha value is -2.56. The molecule has 0 bridgehead atoms. The van der Waals surface area contributed by atoms with Gasteiger partial charge in [0.1, 0.15) is 11.6 Å². The number of hydrogen-bond donors (Lipinski definition) is 1. The minimum Gasteiger partial charge on any atom is -0.497 e. The van der Waals surface area contributed by atoms with Gasteiger partial charge in [0, 0.05) is 6.07 Å². The molecule has 3 aromatic rings. The summed E-state index contributed by atoms with van der Waals surface area (Å²) in [5, 5.41) is 0. The van der Waals surface area contributed by atoms with Gasteiger partial charge in [-0.05, 0) is 42.8 Å². The fraction of sp³-hybridized carbons (Fsp3) is 0.133. The van der Waals surface area contributed by atoms with Crippen LogP contribution in [0.4, 0.5) is 10.3 Å².